The smallest absolute Gasteiger partial charge is 0.407 e. The molecule has 25 heavy (non-hydrogen) atoms. The SMILES string of the molecule is CC(C)(C)OC(=O)NCCCCCCNC(=O)c1cc(I)ccc1O. The zero-order valence-corrected chi connectivity index (χ0v) is 17.2. The summed E-state index contributed by atoms with van der Waals surface area (Å²) >= 11 is 2.10. The summed E-state index contributed by atoms with van der Waals surface area (Å²) in [6, 6.07) is 4.93. The average Bonchev–Trinajstić information content (AvgIpc) is 2.50. The molecule has 0 saturated carbocycles. The van der Waals surface area contributed by atoms with Crippen molar-refractivity contribution in [1.82, 2.24) is 10.6 Å². The summed E-state index contributed by atoms with van der Waals surface area (Å²) in [4.78, 5) is 23.5. The van der Waals surface area contributed by atoms with Crippen molar-refractivity contribution in [3.63, 3.8) is 0 Å². The summed E-state index contributed by atoms with van der Waals surface area (Å²) in [6.07, 6.45) is 3.24. The number of aromatic hydroxyl groups is 1. The van der Waals surface area contributed by atoms with E-state index in [1.165, 1.54) is 6.07 Å². The second kappa shape index (κ2) is 10.5. The van der Waals surface area contributed by atoms with Gasteiger partial charge in [-0.1, -0.05) is 12.8 Å². The summed E-state index contributed by atoms with van der Waals surface area (Å²) in [5, 5.41) is 15.2. The number of unbranched alkanes of at least 4 members (excludes halogenated alkanes) is 3. The summed E-state index contributed by atoms with van der Waals surface area (Å²) in [7, 11) is 0. The molecule has 0 aliphatic carbocycles. The summed E-state index contributed by atoms with van der Waals surface area (Å²) < 4.78 is 6.05. The molecule has 0 radical (unpaired) electrons. The van der Waals surface area contributed by atoms with Crippen LogP contribution in [0.25, 0.3) is 0 Å². The van der Waals surface area contributed by atoms with Crippen molar-refractivity contribution in [2.24, 2.45) is 0 Å². The quantitative estimate of drug-likeness (QED) is 0.405. The maximum Gasteiger partial charge on any atom is 0.407 e. The van der Waals surface area contributed by atoms with Crippen LogP contribution in [0.4, 0.5) is 4.79 Å². The Morgan fingerprint density at radius 1 is 1.08 bits per heavy atom. The fourth-order valence-corrected chi connectivity index (χ4v) is 2.59. The number of amides is 2. The van der Waals surface area contributed by atoms with Crippen molar-refractivity contribution >= 4 is 34.6 Å². The number of nitrogens with one attached hydrogen (secondary N) is 2. The molecule has 0 atom stereocenters. The molecule has 0 aliphatic rings. The lowest BCUT2D eigenvalue weighted by Crippen LogP contribution is -2.33. The fraction of sp³-hybridized carbons (Fsp3) is 0.556. The maximum atomic E-state index is 12.0. The van der Waals surface area contributed by atoms with E-state index in [9.17, 15) is 14.7 Å². The number of alkyl carbamates (subject to hydrolysis) is 1. The Morgan fingerprint density at radius 2 is 1.68 bits per heavy atom. The van der Waals surface area contributed by atoms with Crippen LogP contribution in [0.1, 0.15) is 56.8 Å². The maximum absolute atomic E-state index is 12.0. The highest BCUT2D eigenvalue weighted by molar-refractivity contribution is 14.1. The van der Waals surface area contributed by atoms with E-state index in [0.717, 1.165) is 29.3 Å². The normalized spacial score (nSPS) is 11.0. The minimum Gasteiger partial charge on any atom is -0.507 e. The highest BCUT2D eigenvalue weighted by Crippen LogP contribution is 2.19. The molecule has 6 nitrogen and oxygen atoms in total. The van der Waals surface area contributed by atoms with Gasteiger partial charge in [-0.15, -0.1) is 0 Å². The van der Waals surface area contributed by atoms with Gasteiger partial charge in [0.2, 0.25) is 0 Å². The van der Waals surface area contributed by atoms with Gasteiger partial charge in [0.15, 0.2) is 0 Å². The van der Waals surface area contributed by atoms with Gasteiger partial charge in [-0.2, -0.15) is 0 Å². The molecule has 1 aromatic carbocycles. The summed E-state index contributed by atoms with van der Waals surface area (Å²) in [5.41, 5.74) is -0.179. The summed E-state index contributed by atoms with van der Waals surface area (Å²) in [5.74, 6) is -0.270. The van der Waals surface area contributed by atoms with Crippen molar-refractivity contribution in [2.75, 3.05) is 13.1 Å². The van der Waals surface area contributed by atoms with Gasteiger partial charge < -0.3 is 20.5 Å². The first-order valence-electron chi connectivity index (χ1n) is 8.42. The molecule has 1 rings (SSSR count). The average molecular weight is 462 g/mol. The van der Waals surface area contributed by atoms with E-state index in [0.29, 0.717) is 18.7 Å². The Kier molecular flexibility index (Phi) is 9.02. The van der Waals surface area contributed by atoms with Gasteiger partial charge in [-0.3, -0.25) is 4.79 Å². The van der Waals surface area contributed by atoms with E-state index >= 15 is 0 Å². The number of hydrogen-bond donors (Lipinski definition) is 3. The predicted molar refractivity (Wildman–Crippen MR) is 106 cm³/mol. The van der Waals surface area contributed by atoms with Crippen LogP contribution >= 0.6 is 22.6 Å². The highest BCUT2D eigenvalue weighted by atomic mass is 127. The van der Waals surface area contributed by atoms with E-state index in [-0.39, 0.29) is 11.7 Å². The highest BCUT2D eigenvalue weighted by Gasteiger charge is 2.15. The van der Waals surface area contributed by atoms with Crippen LogP contribution in [-0.2, 0) is 4.74 Å². The number of carbonyl (C=O) groups is 2. The van der Waals surface area contributed by atoms with Crippen molar-refractivity contribution < 1.29 is 19.4 Å². The zero-order valence-electron chi connectivity index (χ0n) is 15.0. The number of ether oxygens (including phenoxy) is 1. The predicted octanol–water partition coefficient (Wildman–Crippen LogP) is 3.81. The van der Waals surface area contributed by atoms with E-state index in [4.69, 9.17) is 4.74 Å². The van der Waals surface area contributed by atoms with Crippen molar-refractivity contribution in [1.29, 1.82) is 0 Å². The number of carbonyl (C=O) groups excluding carboxylic acids is 2. The summed E-state index contributed by atoms with van der Waals surface area (Å²) in [6.45, 7) is 6.63. The van der Waals surface area contributed by atoms with Crippen LogP contribution < -0.4 is 10.6 Å². The van der Waals surface area contributed by atoms with Crippen LogP contribution in [-0.4, -0.2) is 35.8 Å². The van der Waals surface area contributed by atoms with Gasteiger partial charge in [-0.05, 0) is 74.4 Å². The largest absolute Gasteiger partial charge is 0.507 e. The third-order valence-electron chi connectivity index (χ3n) is 3.26. The van der Waals surface area contributed by atoms with Crippen LogP contribution in [0.15, 0.2) is 18.2 Å². The van der Waals surface area contributed by atoms with Gasteiger partial charge in [0, 0.05) is 16.7 Å². The van der Waals surface area contributed by atoms with E-state index in [2.05, 4.69) is 33.2 Å². The lowest BCUT2D eigenvalue weighted by Gasteiger charge is -2.19. The Labute approximate surface area is 162 Å². The monoisotopic (exact) mass is 462 g/mol. The van der Waals surface area contributed by atoms with Gasteiger partial charge in [-0.25, -0.2) is 4.79 Å². The second-order valence-electron chi connectivity index (χ2n) is 6.76. The molecular weight excluding hydrogens is 435 g/mol. The first kappa shape index (κ1) is 21.5. The molecule has 0 saturated heterocycles. The number of phenolic OH excluding ortho intramolecular Hbond substituents is 1. The van der Waals surface area contributed by atoms with Crippen molar-refractivity contribution in [3.05, 3.63) is 27.3 Å². The van der Waals surface area contributed by atoms with E-state index in [1.54, 1.807) is 12.1 Å². The molecule has 140 valence electrons. The molecule has 0 unspecified atom stereocenters. The van der Waals surface area contributed by atoms with Crippen LogP contribution in [0, 0.1) is 3.57 Å². The van der Waals surface area contributed by atoms with E-state index < -0.39 is 11.7 Å². The number of benzene rings is 1. The lowest BCUT2D eigenvalue weighted by atomic mass is 10.1. The molecule has 7 heteroatoms. The Bertz CT molecular complexity index is 585. The van der Waals surface area contributed by atoms with Crippen LogP contribution in [0.5, 0.6) is 5.75 Å². The van der Waals surface area contributed by atoms with Crippen molar-refractivity contribution in [2.45, 2.75) is 52.1 Å². The number of phenols is 1. The molecule has 0 heterocycles. The second-order valence-corrected chi connectivity index (χ2v) is 8.01. The number of halogens is 1. The van der Waals surface area contributed by atoms with E-state index in [1.807, 2.05) is 20.8 Å². The van der Waals surface area contributed by atoms with Crippen LogP contribution in [0.2, 0.25) is 0 Å². The molecule has 0 aromatic heterocycles. The molecule has 0 fully saturated rings. The molecule has 0 bridgehead atoms. The van der Waals surface area contributed by atoms with Gasteiger partial charge >= 0.3 is 6.09 Å². The Morgan fingerprint density at radius 3 is 2.28 bits per heavy atom. The molecular formula is C18H27IN2O4. The standard InChI is InChI=1S/C18H27IN2O4/c1-18(2,3)25-17(24)21-11-7-5-4-6-10-20-16(23)14-12-13(19)8-9-15(14)22/h8-9,12,22H,4-7,10-11H2,1-3H3,(H,20,23)(H,21,24). The first-order chi connectivity index (χ1) is 11.7. The molecule has 0 spiro atoms. The molecule has 1 aromatic rings. The minimum atomic E-state index is -0.479. The molecule has 2 amide bonds. The number of rotatable bonds is 8. The Balaban J connectivity index is 2.10. The molecule has 3 N–H and O–H groups in total. The topological polar surface area (TPSA) is 87.7 Å². The molecule has 0 aliphatic heterocycles. The third kappa shape index (κ3) is 9.52. The minimum absolute atomic E-state index is 0.00821. The van der Waals surface area contributed by atoms with Gasteiger partial charge in [0.25, 0.3) is 5.91 Å². The van der Waals surface area contributed by atoms with Crippen LogP contribution in [0.3, 0.4) is 0 Å². The Hall–Kier alpha value is -1.51. The van der Waals surface area contributed by atoms with Crippen molar-refractivity contribution in [3.8, 4) is 5.75 Å². The zero-order chi connectivity index (χ0) is 18.9. The number of hydrogen-bond acceptors (Lipinski definition) is 4. The van der Waals surface area contributed by atoms with Gasteiger partial charge in [0.05, 0.1) is 5.56 Å². The fourth-order valence-electron chi connectivity index (χ4n) is 2.10. The van der Waals surface area contributed by atoms with Gasteiger partial charge in [0.1, 0.15) is 11.4 Å². The third-order valence-corrected chi connectivity index (χ3v) is 3.93. The lowest BCUT2D eigenvalue weighted by molar-refractivity contribution is 0.0526. The first-order valence-corrected chi connectivity index (χ1v) is 9.50.